The molecular formula is C14H10N2O3S. The van der Waals surface area contributed by atoms with Crippen LogP contribution >= 0.6 is 11.3 Å². The first-order chi connectivity index (χ1) is 9.69. The van der Waals surface area contributed by atoms with Gasteiger partial charge >= 0.3 is 5.97 Å². The van der Waals surface area contributed by atoms with Gasteiger partial charge in [0.05, 0.1) is 12.8 Å². The van der Waals surface area contributed by atoms with Gasteiger partial charge in [0.25, 0.3) is 0 Å². The second-order valence-corrected chi connectivity index (χ2v) is 4.99. The SMILES string of the molecule is COC(=O)c1csc(C(=O)c2cc3ccccc3[nH]2)n1. The average molecular weight is 286 g/mol. The van der Waals surface area contributed by atoms with Crippen LogP contribution < -0.4 is 0 Å². The van der Waals surface area contributed by atoms with Crippen molar-refractivity contribution in [3.8, 4) is 0 Å². The molecule has 0 atom stereocenters. The Morgan fingerprint density at radius 2 is 2.10 bits per heavy atom. The van der Waals surface area contributed by atoms with E-state index in [1.54, 1.807) is 6.07 Å². The van der Waals surface area contributed by atoms with Crippen molar-refractivity contribution >= 4 is 34.0 Å². The fourth-order valence-corrected chi connectivity index (χ4v) is 2.63. The van der Waals surface area contributed by atoms with Gasteiger partial charge < -0.3 is 9.72 Å². The lowest BCUT2D eigenvalue weighted by Gasteiger charge is -1.93. The van der Waals surface area contributed by atoms with Crippen LogP contribution in [0.5, 0.6) is 0 Å². The summed E-state index contributed by atoms with van der Waals surface area (Å²) in [5, 5.41) is 2.74. The first kappa shape index (κ1) is 12.6. The van der Waals surface area contributed by atoms with Crippen molar-refractivity contribution in [2.75, 3.05) is 7.11 Å². The van der Waals surface area contributed by atoms with Gasteiger partial charge in [0.1, 0.15) is 0 Å². The number of carbonyl (C=O) groups excluding carboxylic acids is 2. The van der Waals surface area contributed by atoms with E-state index in [0.717, 1.165) is 22.2 Å². The maximum atomic E-state index is 12.3. The zero-order valence-corrected chi connectivity index (χ0v) is 11.4. The maximum absolute atomic E-state index is 12.3. The number of aromatic amines is 1. The van der Waals surface area contributed by atoms with Crippen LogP contribution in [-0.4, -0.2) is 28.8 Å². The van der Waals surface area contributed by atoms with Crippen LogP contribution in [0, 0.1) is 0 Å². The number of methoxy groups -OCH3 is 1. The fourth-order valence-electron chi connectivity index (χ4n) is 1.89. The molecule has 2 aromatic heterocycles. The third-order valence-electron chi connectivity index (χ3n) is 2.87. The number of nitrogens with one attached hydrogen (secondary N) is 1. The summed E-state index contributed by atoms with van der Waals surface area (Å²) in [7, 11) is 1.28. The largest absolute Gasteiger partial charge is 0.464 e. The molecule has 0 aliphatic heterocycles. The number of hydrogen-bond acceptors (Lipinski definition) is 5. The summed E-state index contributed by atoms with van der Waals surface area (Å²) < 4.78 is 4.57. The molecule has 3 aromatic rings. The Bertz CT molecular complexity index is 770. The third kappa shape index (κ3) is 2.10. The van der Waals surface area contributed by atoms with E-state index in [2.05, 4.69) is 14.7 Å². The summed E-state index contributed by atoms with van der Waals surface area (Å²) in [6.07, 6.45) is 0. The number of carbonyl (C=O) groups is 2. The predicted molar refractivity (Wildman–Crippen MR) is 75.2 cm³/mol. The highest BCUT2D eigenvalue weighted by atomic mass is 32.1. The Balaban J connectivity index is 1.95. The van der Waals surface area contributed by atoms with Crippen molar-refractivity contribution in [3.63, 3.8) is 0 Å². The zero-order valence-electron chi connectivity index (χ0n) is 10.5. The van der Waals surface area contributed by atoms with Gasteiger partial charge in [-0.25, -0.2) is 9.78 Å². The molecule has 3 rings (SSSR count). The number of aromatic nitrogens is 2. The van der Waals surface area contributed by atoms with Crippen molar-refractivity contribution in [2.24, 2.45) is 0 Å². The number of ether oxygens (including phenoxy) is 1. The summed E-state index contributed by atoms with van der Waals surface area (Å²) in [6, 6.07) is 9.39. The molecule has 6 heteroatoms. The number of nitrogens with zero attached hydrogens (tertiary/aromatic N) is 1. The van der Waals surface area contributed by atoms with Crippen molar-refractivity contribution < 1.29 is 14.3 Å². The minimum absolute atomic E-state index is 0.150. The fraction of sp³-hybridized carbons (Fsp3) is 0.0714. The highest BCUT2D eigenvalue weighted by Crippen LogP contribution is 2.19. The summed E-state index contributed by atoms with van der Waals surface area (Å²) in [5.41, 5.74) is 1.49. The average Bonchev–Trinajstić information content (AvgIpc) is 3.12. The number of fused-ring (bicyclic) bond motifs is 1. The van der Waals surface area contributed by atoms with Gasteiger partial charge in [-0.1, -0.05) is 18.2 Å². The summed E-state index contributed by atoms with van der Waals surface area (Å²) >= 11 is 1.12. The minimum Gasteiger partial charge on any atom is -0.464 e. The highest BCUT2D eigenvalue weighted by Gasteiger charge is 2.18. The first-order valence-electron chi connectivity index (χ1n) is 5.85. The van der Waals surface area contributed by atoms with Gasteiger partial charge in [-0.2, -0.15) is 0 Å². The lowest BCUT2D eigenvalue weighted by atomic mass is 10.2. The van der Waals surface area contributed by atoms with E-state index in [4.69, 9.17) is 0 Å². The van der Waals surface area contributed by atoms with Gasteiger partial charge in [0, 0.05) is 16.3 Å². The van der Waals surface area contributed by atoms with E-state index >= 15 is 0 Å². The number of esters is 1. The zero-order chi connectivity index (χ0) is 14.1. The topological polar surface area (TPSA) is 72.1 Å². The number of hydrogen-bond donors (Lipinski definition) is 1. The number of rotatable bonds is 3. The second kappa shape index (κ2) is 4.90. The minimum atomic E-state index is -0.544. The number of thiazole rings is 1. The van der Waals surface area contributed by atoms with Crippen LogP contribution in [0.4, 0.5) is 0 Å². The van der Waals surface area contributed by atoms with Crippen LogP contribution in [0.1, 0.15) is 26.0 Å². The predicted octanol–water partition coefficient (Wildman–Crippen LogP) is 2.64. The maximum Gasteiger partial charge on any atom is 0.357 e. The summed E-state index contributed by atoms with van der Waals surface area (Å²) in [5.74, 6) is -0.779. The van der Waals surface area contributed by atoms with E-state index in [9.17, 15) is 9.59 Å². The molecule has 0 fully saturated rings. The molecule has 0 saturated carbocycles. The van der Waals surface area contributed by atoms with Gasteiger partial charge in [0.2, 0.25) is 5.78 Å². The molecule has 100 valence electrons. The number of ketones is 1. The Hall–Kier alpha value is -2.47. The van der Waals surface area contributed by atoms with Crippen LogP contribution in [0.25, 0.3) is 10.9 Å². The Kier molecular flexibility index (Phi) is 3.08. The van der Waals surface area contributed by atoms with E-state index in [-0.39, 0.29) is 16.5 Å². The van der Waals surface area contributed by atoms with Gasteiger partial charge in [-0.05, 0) is 12.1 Å². The molecule has 0 aliphatic rings. The summed E-state index contributed by atoms with van der Waals surface area (Å²) in [6.45, 7) is 0. The molecule has 0 unspecified atom stereocenters. The van der Waals surface area contributed by atoms with Gasteiger partial charge in [0.15, 0.2) is 10.7 Å². The van der Waals surface area contributed by atoms with Crippen molar-refractivity contribution in [3.05, 3.63) is 52.1 Å². The van der Waals surface area contributed by atoms with Crippen LogP contribution in [-0.2, 0) is 4.74 Å². The van der Waals surface area contributed by atoms with E-state index in [1.165, 1.54) is 12.5 Å². The van der Waals surface area contributed by atoms with Crippen molar-refractivity contribution in [1.82, 2.24) is 9.97 Å². The van der Waals surface area contributed by atoms with Crippen LogP contribution in [0.2, 0.25) is 0 Å². The first-order valence-corrected chi connectivity index (χ1v) is 6.73. The van der Waals surface area contributed by atoms with E-state index in [0.29, 0.717) is 5.69 Å². The highest BCUT2D eigenvalue weighted by molar-refractivity contribution is 7.12. The quantitative estimate of drug-likeness (QED) is 0.593. The Morgan fingerprint density at radius 3 is 2.85 bits per heavy atom. The summed E-state index contributed by atoms with van der Waals surface area (Å²) in [4.78, 5) is 30.7. The molecule has 1 aromatic carbocycles. The molecule has 0 amide bonds. The number of para-hydroxylation sites is 1. The monoisotopic (exact) mass is 286 g/mol. The molecule has 2 heterocycles. The number of H-pyrrole nitrogens is 1. The van der Waals surface area contributed by atoms with Crippen molar-refractivity contribution in [2.45, 2.75) is 0 Å². The molecule has 0 aliphatic carbocycles. The molecule has 5 nitrogen and oxygen atoms in total. The number of benzene rings is 1. The van der Waals surface area contributed by atoms with E-state index < -0.39 is 5.97 Å². The van der Waals surface area contributed by atoms with Crippen molar-refractivity contribution in [1.29, 1.82) is 0 Å². The lowest BCUT2D eigenvalue weighted by molar-refractivity contribution is 0.0595. The molecular weight excluding hydrogens is 276 g/mol. The van der Waals surface area contributed by atoms with Gasteiger partial charge in [-0.3, -0.25) is 4.79 Å². The molecule has 0 saturated heterocycles. The van der Waals surface area contributed by atoms with Gasteiger partial charge in [-0.15, -0.1) is 11.3 Å². The lowest BCUT2D eigenvalue weighted by Crippen LogP contribution is -2.05. The van der Waals surface area contributed by atoms with E-state index in [1.807, 2.05) is 24.3 Å². The molecule has 0 radical (unpaired) electrons. The molecule has 1 N–H and O–H groups in total. The Labute approximate surface area is 118 Å². The smallest absolute Gasteiger partial charge is 0.357 e. The third-order valence-corrected chi connectivity index (χ3v) is 3.71. The Morgan fingerprint density at radius 1 is 1.30 bits per heavy atom. The molecule has 20 heavy (non-hydrogen) atoms. The normalized spacial score (nSPS) is 10.7. The van der Waals surface area contributed by atoms with Crippen LogP contribution in [0.15, 0.2) is 35.7 Å². The second-order valence-electron chi connectivity index (χ2n) is 4.13. The standard InChI is InChI=1S/C14H10N2O3S/c1-19-14(18)11-7-20-13(16-11)12(17)10-6-8-4-2-3-5-9(8)15-10/h2-7,15H,1H3. The molecule has 0 spiro atoms. The molecule has 0 bridgehead atoms. The van der Waals surface area contributed by atoms with Crippen LogP contribution in [0.3, 0.4) is 0 Å².